The number of nitrogens with zero attached hydrogens (tertiary/aromatic N) is 1. The van der Waals surface area contributed by atoms with Gasteiger partial charge in [-0.25, -0.2) is 0 Å². The van der Waals surface area contributed by atoms with Crippen LogP contribution in [0.15, 0.2) is 24.4 Å². The minimum atomic E-state index is -0.453. The van der Waals surface area contributed by atoms with Gasteiger partial charge in [-0.2, -0.15) is 0 Å². The van der Waals surface area contributed by atoms with E-state index in [-0.39, 0.29) is 0 Å². The maximum atomic E-state index is 12.5. The van der Waals surface area contributed by atoms with E-state index in [1.165, 1.54) is 5.56 Å². The molecule has 1 aliphatic rings. The Morgan fingerprint density at radius 2 is 1.95 bits per heavy atom. The van der Waals surface area contributed by atoms with Gasteiger partial charge in [0.2, 0.25) is 0 Å². The van der Waals surface area contributed by atoms with Gasteiger partial charge in [0.1, 0.15) is 0 Å². The maximum Gasteiger partial charge on any atom is 0.295 e. The van der Waals surface area contributed by atoms with Crippen LogP contribution >= 0.6 is 0 Å². The number of Topliss-reactive ketones (excluding diaryl/α,β-unsaturated/α-hetero) is 1. The molecule has 0 bridgehead atoms. The Morgan fingerprint density at radius 1 is 1.23 bits per heavy atom. The van der Waals surface area contributed by atoms with E-state index in [2.05, 4.69) is 18.8 Å². The number of ketones is 1. The summed E-state index contributed by atoms with van der Waals surface area (Å²) in [5.74, 6) is -0.482. The van der Waals surface area contributed by atoms with Crippen LogP contribution in [0.5, 0.6) is 0 Å². The number of H-pyrrole nitrogens is 1. The van der Waals surface area contributed by atoms with Gasteiger partial charge in [0.25, 0.3) is 11.7 Å². The van der Waals surface area contributed by atoms with Crippen molar-refractivity contribution in [3.63, 3.8) is 0 Å². The van der Waals surface area contributed by atoms with Crippen molar-refractivity contribution in [1.29, 1.82) is 0 Å². The number of amides is 1. The average molecular weight is 300 g/mol. The van der Waals surface area contributed by atoms with E-state index in [4.69, 9.17) is 4.74 Å². The van der Waals surface area contributed by atoms with Crippen molar-refractivity contribution < 1.29 is 14.3 Å². The van der Waals surface area contributed by atoms with Crippen molar-refractivity contribution in [2.24, 2.45) is 0 Å². The molecule has 2 aromatic rings. The third kappa shape index (κ3) is 2.64. The molecular weight excluding hydrogens is 280 g/mol. The molecule has 5 heteroatoms. The lowest BCUT2D eigenvalue weighted by Gasteiger charge is -2.25. The van der Waals surface area contributed by atoms with Crippen LogP contribution in [-0.2, 0) is 9.53 Å². The number of nitrogens with one attached hydrogen (secondary N) is 1. The van der Waals surface area contributed by atoms with Gasteiger partial charge in [-0.3, -0.25) is 9.59 Å². The van der Waals surface area contributed by atoms with E-state index < -0.39 is 11.7 Å². The highest BCUT2D eigenvalue weighted by molar-refractivity contribution is 6.44. The smallest absolute Gasteiger partial charge is 0.295 e. The molecule has 0 radical (unpaired) electrons. The van der Waals surface area contributed by atoms with E-state index in [1.54, 1.807) is 11.1 Å². The van der Waals surface area contributed by atoms with Crippen molar-refractivity contribution >= 4 is 22.6 Å². The third-order valence-electron chi connectivity index (χ3n) is 4.11. The fourth-order valence-corrected chi connectivity index (χ4v) is 2.72. The maximum absolute atomic E-state index is 12.5. The molecule has 22 heavy (non-hydrogen) atoms. The molecule has 0 spiro atoms. The zero-order chi connectivity index (χ0) is 15.7. The fourth-order valence-electron chi connectivity index (χ4n) is 2.72. The molecular formula is C17H20N2O3. The van der Waals surface area contributed by atoms with Gasteiger partial charge in [-0.15, -0.1) is 0 Å². The predicted octanol–water partition coefficient (Wildman–Crippen LogP) is 2.33. The first-order valence-corrected chi connectivity index (χ1v) is 7.60. The van der Waals surface area contributed by atoms with Crippen molar-refractivity contribution in [2.75, 3.05) is 26.3 Å². The number of morpholine rings is 1. The van der Waals surface area contributed by atoms with Gasteiger partial charge in [0, 0.05) is 30.2 Å². The molecule has 0 saturated carbocycles. The predicted molar refractivity (Wildman–Crippen MR) is 84.1 cm³/mol. The second-order valence-electron chi connectivity index (χ2n) is 5.90. The Morgan fingerprint density at radius 3 is 2.64 bits per heavy atom. The second kappa shape index (κ2) is 5.93. The van der Waals surface area contributed by atoms with Gasteiger partial charge in [-0.1, -0.05) is 26.0 Å². The summed E-state index contributed by atoms with van der Waals surface area (Å²) in [5, 5.41) is 0.802. The molecule has 0 atom stereocenters. The lowest BCUT2D eigenvalue weighted by Crippen LogP contribution is -2.44. The number of fused-ring (bicyclic) bond motifs is 1. The molecule has 3 rings (SSSR count). The summed E-state index contributed by atoms with van der Waals surface area (Å²) in [6, 6.07) is 5.97. The van der Waals surface area contributed by atoms with Crippen LogP contribution in [0, 0.1) is 0 Å². The highest BCUT2D eigenvalue weighted by atomic mass is 16.5. The van der Waals surface area contributed by atoms with E-state index in [9.17, 15) is 9.59 Å². The Bertz CT molecular complexity index is 712. The number of carbonyl (C=O) groups excluding carboxylic acids is 2. The van der Waals surface area contributed by atoms with E-state index in [1.807, 2.05) is 18.2 Å². The molecule has 1 aliphatic heterocycles. The molecule has 1 aromatic carbocycles. The van der Waals surface area contributed by atoms with Crippen molar-refractivity contribution in [3.05, 3.63) is 35.5 Å². The third-order valence-corrected chi connectivity index (χ3v) is 4.11. The number of hydrogen-bond donors (Lipinski definition) is 1. The van der Waals surface area contributed by atoms with E-state index in [0.29, 0.717) is 37.8 Å². The highest BCUT2D eigenvalue weighted by Gasteiger charge is 2.26. The van der Waals surface area contributed by atoms with Crippen LogP contribution in [0.2, 0.25) is 0 Å². The van der Waals surface area contributed by atoms with Gasteiger partial charge in [0.05, 0.1) is 18.8 Å². The summed E-state index contributed by atoms with van der Waals surface area (Å²) in [6.45, 7) is 6.18. The first-order chi connectivity index (χ1) is 10.6. The van der Waals surface area contributed by atoms with Crippen LogP contribution in [0.3, 0.4) is 0 Å². The van der Waals surface area contributed by atoms with Crippen LogP contribution in [0.4, 0.5) is 0 Å². The molecule has 1 amide bonds. The lowest BCUT2D eigenvalue weighted by molar-refractivity contribution is -0.130. The Labute approximate surface area is 129 Å². The number of hydrogen-bond acceptors (Lipinski definition) is 3. The molecule has 0 unspecified atom stereocenters. The first kappa shape index (κ1) is 14.8. The van der Waals surface area contributed by atoms with E-state index >= 15 is 0 Å². The molecule has 1 fully saturated rings. The summed E-state index contributed by atoms with van der Waals surface area (Å²) in [6.07, 6.45) is 1.63. The molecule has 1 aromatic heterocycles. The quantitative estimate of drug-likeness (QED) is 0.699. The molecule has 5 nitrogen and oxygen atoms in total. The molecule has 1 saturated heterocycles. The van der Waals surface area contributed by atoms with Crippen molar-refractivity contribution in [1.82, 2.24) is 9.88 Å². The highest BCUT2D eigenvalue weighted by Crippen LogP contribution is 2.24. The lowest BCUT2D eigenvalue weighted by atomic mass is 10.0. The number of carbonyl (C=O) groups is 2. The summed E-state index contributed by atoms with van der Waals surface area (Å²) in [4.78, 5) is 29.5. The van der Waals surface area contributed by atoms with Gasteiger partial charge in [-0.05, 0) is 17.5 Å². The normalized spacial score (nSPS) is 15.5. The van der Waals surface area contributed by atoms with Crippen LogP contribution in [0.25, 0.3) is 10.9 Å². The zero-order valence-electron chi connectivity index (χ0n) is 12.9. The summed E-state index contributed by atoms with van der Waals surface area (Å²) >= 11 is 0. The largest absolute Gasteiger partial charge is 0.378 e. The fraction of sp³-hybridized carbons (Fsp3) is 0.412. The van der Waals surface area contributed by atoms with Gasteiger partial charge < -0.3 is 14.6 Å². The second-order valence-corrected chi connectivity index (χ2v) is 5.90. The topological polar surface area (TPSA) is 62.4 Å². The van der Waals surface area contributed by atoms with Crippen LogP contribution in [-0.4, -0.2) is 47.9 Å². The van der Waals surface area contributed by atoms with Crippen molar-refractivity contribution in [2.45, 2.75) is 19.8 Å². The standard InChI is InChI=1S/C17H20N2O3/c1-11(2)12-3-4-13-14(10-18-15(13)9-12)16(20)17(21)19-5-7-22-8-6-19/h3-4,9-11,18H,5-8H2,1-2H3. The van der Waals surface area contributed by atoms with Crippen LogP contribution < -0.4 is 0 Å². The summed E-state index contributed by atoms with van der Waals surface area (Å²) in [5.41, 5.74) is 2.54. The first-order valence-electron chi connectivity index (χ1n) is 7.60. The summed E-state index contributed by atoms with van der Waals surface area (Å²) < 4.78 is 5.21. The minimum absolute atomic E-state index is 0.418. The monoisotopic (exact) mass is 300 g/mol. The number of aromatic nitrogens is 1. The number of benzene rings is 1. The molecule has 0 aliphatic carbocycles. The minimum Gasteiger partial charge on any atom is -0.378 e. The number of rotatable bonds is 3. The van der Waals surface area contributed by atoms with E-state index in [0.717, 1.165) is 10.9 Å². The number of ether oxygens (including phenoxy) is 1. The van der Waals surface area contributed by atoms with Crippen LogP contribution in [0.1, 0.15) is 35.7 Å². The molecule has 1 N–H and O–H groups in total. The Balaban J connectivity index is 1.89. The zero-order valence-corrected chi connectivity index (χ0v) is 12.9. The van der Waals surface area contributed by atoms with Gasteiger partial charge >= 0.3 is 0 Å². The SMILES string of the molecule is CC(C)c1ccc2c(C(=O)C(=O)N3CCOCC3)c[nH]c2c1. The summed E-state index contributed by atoms with van der Waals surface area (Å²) in [7, 11) is 0. The Hall–Kier alpha value is -2.14. The van der Waals surface area contributed by atoms with Crippen molar-refractivity contribution in [3.8, 4) is 0 Å². The Kier molecular flexibility index (Phi) is 3.98. The van der Waals surface area contributed by atoms with Gasteiger partial charge in [0.15, 0.2) is 0 Å². The molecule has 116 valence electrons. The molecule has 2 heterocycles. The average Bonchev–Trinajstić information content (AvgIpc) is 2.97. The number of aromatic amines is 1.